The molecule has 2 aromatic heterocycles. The number of carboxylic acids is 1. The lowest BCUT2D eigenvalue weighted by Gasteiger charge is -2.15. The highest BCUT2D eigenvalue weighted by Crippen LogP contribution is 2.32. The first-order chi connectivity index (χ1) is 17.3. The van der Waals surface area contributed by atoms with E-state index in [2.05, 4.69) is 21.7 Å². The van der Waals surface area contributed by atoms with Crippen molar-refractivity contribution in [3.05, 3.63) is 82.8 Å². The van der Waals surface area contributed by atoms with Crippen LogP contribution in [0, 0.1) is 17.2 Å². The van der Waals surface area contributed by atoms with Gasteiger partial charge in [-0.15, -0.1) is 11.3 Å². The molecule has 36 heavy (non-hydrogen) atoms. The summed E-state index contributed by atoms with van der Waals surface area (Å²) in [5.74, 6) is -1.26. The van der Waals surface area contributed by atoms with Crippen LogP contribution in [0.15, 0.2) is 61.1 Å². The summed E-state index contributed by atoms with van der Waals surface area (Å²) in [6.07, 6.45) is 3.96. The summed E-state index contributed by atoms with van der Waals surface area (Å²) in [5, 5.41) is 25.5. The summed E-state index contributed by atoms with van der Waals surface area (Å²) in [4.78, 5) is 29.1. The number of anilines is 1. The van der Waals surface area contributed by atoms with Crippen molar-refractivity contribution in [2.24, 2.45) is 5.92 Å². The number of nitrogens with zero attached hydrogens (tertiary/aromatic N) is 3. The first-order valence-electron chi connectivity index (χ1n) is 11.6. The Balaban J connectivity index is 1.47. The van der Waals surface area contributed by atoms with Crippen LogP contribution in [0.2, 0.25) is 0 Å². The second kappa shape index (κ2) is 11.1. The van der Waals surface area contributed by atoms with Gasteiger partial charge in [0.05, 0.1) is 35.1 Å². The van der Waals surface area contributed by atoms with Gasteiger partial charge in [-0.1, -0.05) is 32.0 Å². The predicted molar refractivity (Wildman–Crippen MR) is 140 cm³/mol. The highest BCUT2D eigenvalue weighted by atomic mass is 32.1. The molecule has 4 aromatic rings. The summed E-state index contributed by atoms with van der Waals surface area (Å²) in [5.41, 5.74) is 3.57. The van der Waals surface area contributed by atoms with Gasteiger partial charge in [0.2, 0.25) is 0 Å². The van der Waals surface area contributed by atoms with Gasteiger partial charge in [-0.3, -0.25) is 4.79 Å². The number of carbonyl (C=O) groups is 2. The van der Waals surface area contributed by atoms with Crippen molar-refractivity contribution < 1.29 is 14.7 Å². The number of rotatable bonds is 10. The molecule has 0 aliphatic rings. The summed E-state index contributed by atoms with van der Waals surface area (Å²) in [7, 11) is 0. The van der Waals surface area contributed by atoms with Crippen molar-refractivity contribution in [2.75, 3.05) is 5.32 Å². The van der Waals surface area contributed by atoms with Gasteiger partial charge in [0.25, 0.3) is 5.91 Å². The van der Waals surface area contributed by atoms with Gasteiger partial charge in [-0.25, -0.2) is 9.78 Å². The number of hydrogen-bond donors (Lipinski definition) is 3. The van der Waals surface area contributed by atoms with Crippen LogP contribution in [-0.2, 0) is 17.9 Å². The zero-order valence-electron chi connectivity index (χ0n) is 20.1. The molecule has 0 spiro atoms. The van der Waals surface area contributed by atoms with Crippen molar-refractivity contribution in [3.8, 4) is 6.07 Å². The molecule has 1 atom stereocenters. The Labute approximate surface area is 213 Å². The Hall–Kier alpha value is -4.16. The maximum atomic E-state index is 12.8. The minimum Gasteiger partial charge on any atom is -0.480 e. The topological polar surface area (TPSA) is 120 Å². The molecule has 2 heterocycles. The molecule has 0 aliphatic carbocycles. The molecule has 0 saturated heterocycles. The highest BCUT2D eigenvalue weighted by molar-refractivity contribution is 7.20. The van der Waals surface area contributed by atoms with E-state index in [0.29, 0.717) is 30.0 Å². The fraction of sp³-hybridized carbons (Fsp3) is 0.259. The van der Waals surface area contributed by atoms with Crippen LogP contribution in [0.25, 0.3) is 10.1 Å². The smallest absolute Gasteiger partial charge is 0.326 e. The molecule has 0 radical (unpaired) electrons. The number of fused-ring (bicyclic) bond motifs is 1. The standard InChI is InChI=1S/C27H27N5O3S/c1-17(2)10-23(27(34)35)31-26(33)25-11-21-22(4-3-5-24(21)36-25)30-14-20-13-29-16-32(20)15-19-8-6-18(12-28)7-9-19/h3-9,11,13,16-17,23,30H,10,14-15H2,1-2H3,(H,31,33)(H,34,35)/t23-/m0/s1. The SMILES string of the molecule is CC(C)C[C@H](NC(=O)c1cc2c(NCc3cncn3Cc3ccc(C#N)cc3)cccc2s1)C(=O)O. The maximum Gasteiger partial charge on any atom is 0.326 e. The summed E-state index contributed by atoms with van der Waals surface area (Å²) < 4.78 is 2.98. The van der Waals surface area contributed by atoms with Crippen molar-refractivity contribution >= 4 is 39.0 Å². The fourth-order valence-electron chi connectivity index (χ4n) is 3.95. The minimum absolute atomic E-state index is 0.148. The van der Waals surface area contributed by atoms with Crippen molar-refractivity contribution in [1.29, 1.82) is 5.26 Å². The minimum atomic E-state index is -1.03. The largest absolute Gasteiger partial charge is 0.480 e. The van der Waals surface area contributed by atoms with E-state index in [1.54, 1.807) is 24.5 Å². The first-order valence-corrected chi connectivity index (χ1v) is 12.4. The molecule has 0 unspecified atom stereocenters. The second-order valence-electron chi connectivity index (χ2n) is 9.00. The molecule has 3 N–H and O–H groups in total. The van der Waals surface area contributed by atoms with E-state index >= 15 is 0 Å². The number of aromatic nitrogens is 2. The number of aliphatic carboxylic acids is 1. The Kier molecular flexibility index (Phi) is 7.66. The van der Waals surface area contributed by atoms with Crippen molar-refractivity contribution in [3.63, 3.8) is 0 Å². The van der Waals surface area contributed by atoms with E-state index in [9.17, 15) is 14.7 Å². The van der Waals surface area contributed by atoms with Gasteiger partial charge in [0.15, 0.2) is 0 Å². The molecule has 0 aliphatic heterocycles. The summed E-state index contributed by atoms with van der Waals surface area (Å²) in [6, 6.07) is 16.3. The Morgan fingerprint density at radius 3 is 2.67 bits per heavy atom. The van der Waals surface area contributed by atoms with Crippen LogP contribution in [0.5, 0.6) is 0 Å². The number of nitrogens with one attached hydrogen (secondary N) is 2. The van der Waals surface area contributed by atoms with Gasteiger partial charge in [-0.2, -0.15) is 5.26 Å². The van der Waals surface area contributed by atoms with E-state index in [1.165, 1.54) is 11.3 Å². The normalized spacial score (nSPS) is 11.8. The van der Waals surface area contributed by atoms with Gasteiger partial charge in [0.1, 0.15) is 6.04 Å². The van der Waals surface area contributed by atoms with E-state index in [0.717, 1.165) is 27.0 Å². The second-order valence-corrected chi connectivity index (χ2v) is 10.1. The quantitative estimate of drug-likeness (QED) is 0.285. The van der Waals surface area contributed by atoms with Crippen LogP contribution in [0.3, 0.4) is 0 Å². The lowest BCUT2D eigenvalue weighted by molar-refractivity contribution is -0.139. The number of amides is 1. The number of thiophene rings is 1. The van der Waals surface area contributed by atoms with Crippen molar-refractivity contribution in [1.82, 2.24) is 14.9 Å². The van der Waals surface area contributed by atoms with Crippen LogP contribution in [0.4, 0.5) is 5.69 Å². The Morgan fingerprint density at radius 2 is 1.97 bits per heavy atom. The van der Waals surface area contributed by atoms with E-state index in [-0.39, 0.29) is 11.8 Å². The van der Waals surface area contributed by atoms with E-state index < -0.39 is 12.0 Å². The van der Waals surface area contributed by atoms with Crippen LogP contribution >= 0.6 is 11.3 Å². The molecule has 9 heteroatoms. The molecule has 184 valence electrons. The molecule has 0 saturated carbocycles. The number of benzene rings is 2. The van der Waals surface area contributed by atoms with E-state index in [1.807, 2.05) is 54.9 Å². The monoisotopic (exact) mass is 501 g/mol. The Morgan fingerprint density at radius 1 is 1.19 bits per heavy atom. The molecule has 8 nitrogen and oxygen atoms in total. The zero-order chi connectivity index (χ0) is 25.7. The van der Waals surface area contributed by atoms with Gasteiger partial charge in [-0.05, 0) is 48.2 Å². The van der Waals surface area contributed by atoms with Crippen LogP contribution in [0.1, 0.15) is 46.8 Å². The Bertz CT molecular complexity index is 1420. The molecule has 4 rings (SSSR count). The molecule has 0 fully saturated rings. The first kappa shape index (κ1) is 24.9. The maximum absolute atomic E-state index is 12.8. The third-order valence-electron chi connectivity index (χ3n) is 5.79. The van der Waals surface area contributed by atoms with Crippen LogP contribution in [-0.4, -0.2) is 32.6 Å². The third kappa shape index (κ3) is 5.90. The number of carboxylic acid groups (broad SMARTS) is 1. The van der Waals surface area contributed by atoms with Gasteiger partial charge < -0.3 is 20.3 Å². The van der Waals surface area contributed by atoms with Crippen molar-refractivity contribution in [2.45, 2.75) is 39.4 Å². The molecular formula is C27H27N5O3S. The fourth-order valence-corrected chi connectivity index (χ4v) is 4.94. The summed E-state index contributed by atoms with van der Waals surface area (Å²) >= 11 is 1.34. The molecule has 0 bridgehead atoms. The lowest BCUT2D eigenvalue weighted by Crippen LogP contribution is -2.41. The number of carbonyl (C=O) groups excluding carboxylic acids is 1. The number of nitriles is 1. The molecule has 2 aromatic carbocycles. The lowest BCUT2D eigenvalue weighted by atomic mass is 10.0. The average molecular weight is 502 g/mol. The predicted octanol–water partition coefficient (Wildman–Crippen LogP) is 4.86. The van der Waals surface area contributed by atoms with Crippen LogP contribution < -0.4 is 10.6 Å². The molecule has 1 amide bonds. The third-order valence-corrected chi connectivity index (χ3v) is 6.89. The summed E-state index contributed by atoms with van der Waals surface area (Å²) in [6.45, 7) is 5.02. The zero-order valence-corrected chi connectivity index (χ0v) is 20.9. The highest BCUT2D eigenvalue weighted by Gasteiger charge is 2.23. The number of imidazole rings is 1. The van der Waals surface area contributed by atoms with E-state index in [4.69, 9.17) is 5.26 Å². The van der Waals surface area contributed by atoms with Gasteiger partial charge >= 0.3 is 5.97 Å². The number of hydrogen-bond acceptors (Lipinski definition) is 6. The average Bonchev–Trinajstić information content (AvgIpc) is 3.49. The van der Waals surface area contributed by atoms with Gasteiger partial charge in [0, 0.05) is 28.5 Å². The molecular weight excluding hydrogens is 474 g/mol.